The molecule has 11 heteroatoms. The van der Waals surface area contributed by atoms with E-state index in [9.17, 15) is 13.2 Å². The standard InChI is InChI=1S/C24H33N5O5S/c1-16(2)29-7-5-28(6-8-29)13-23(30)26-21-10-17(9-19-14-34-15-20(19)21)18-11-22(27-35(4,31)32)24(33-3)25-12-18/h9-12,16,27H,5-8,13-15H2,1-4H3,(H,26,30). The summed E-state index contributed by atoms with van der Waals surface area (Å²) >= 11 is 0. The van der Waals surface area contributed by atoms with E-state index in [1.165, 1.54) is 7.11 Å². The highest BCUT2D eigenvalue weighted by Crippen LogP contribution is 2.35. The van der Waals surface area contributed by atoms with Crippen LogP contribution in [0.25, 0.3) is 11.1 Å². The number of aromatic nitrogens is 1. The Morgan fingerprint density at radius 1 is 1.11 bits per heavy atom. The van der Waals surface area contributed by atoms with Crippen molar-refractivity contribution in [1.29, 1.82) is 0 Å². The molecule has 0 unspecified atom stereocenters. The Labute approximate surface area is 206 Å². The predicted molar refractivity (Wildman–Crippen MR) is 135 cm³/mol. The van der Waals surface area contributed by atoms with Crippen LogP contribution in [0, 0.1) is 0 Å². The van der Waals surface area contributed by atoms with Gasteiger partial charge in [-0.15, -0.1) is 0 Å². The molecule has 0 radical (unpaired) electrons. The molecule has 35 heavy (non-hydrogen) atoms. The number of rotatable bonds is 8. The van der Waals surface area contributed by atoms with E-state index in [2.05, 4.69) is 38.7 Å². The van der Waals surface area contributed by atoms with Crippen molar-refractivity contribution in [2.24, 2.45) is 0 Å². The third-order valence-corrected chi connectivity index (χ3v) is 6.89. The van der Waals surface area contributed by atoms with Crippen molar-refractivity contribution in [3.63, 3.8) is 0 Å². The number of anilines is 2. The fraction of sp³-hybridized carbons (Fsp3) is 0.500. The Morgan fingerprint density at radius 2 is 1.83 bits per heavy atom. The monoisotopic (exact) mass is 503 g/mol. The van der Waals surface area contributed by atoms with Crippen molar-refractivity contribution in [1.82, 2.24) is 14.8 Å². The van der Waals surface area contributed by atoms with Gasteiger partial charge in [-0.25, -0.2) is 13.4 Å². The van der Waals surface area contributed by atoms with Crippen LogP contribution in [0.4, 0.5) is 11.4 Å². The van der Waals surface area contributed by atoms with Crippen LogP contribution in [-0.2, 0) is 32.8 Å². The third kappa shape index (κ3) is 6.29. The topological polar surface area (TPSA) is 113 Å². The van der Waals surface area contributed by atoms with Gasteiger partial charge in [0.15, 0.2) is 0 Å². The molecule has 190 valence electrons. The van der Waals surface area contributed by atoms with Crippen molar-refractivity contribution >= 4 is 27.3 Å². The van der Waals surface area contributed by atoms with Gasteiger partial charge in [-0.1, -0.05) is 0 Å². The van der Waals surface area contributed by atoms with Gasteiger partial charge in [0.2, 0.25) is 21.8 Å². The van der Waals surface area contributed by atoms with Crippen molar-refractivity contribution < 1.29 is 22.7 Å². The third-order valence-electron chi connectivity index (χ3n) is 6.30. The van der Waals surface area contributed by atoms with Gasteiger partial charge in [0.25, 0.3) is 0 Å². The average Bonchev–Trinajstić information content (AvgIpc) is 3.27. The fourth-order valence-electron chi connectivity index (χ4n) is 4.45. The second-order valence-corrected chi connectivity index (χ2v) is 11.0. The zero-order chi connectivity index (χ0) is 25.2. The molecule has 0 saturated carbocycles. The van der Waals surface area contributed by atoms with E-state index >= 15 is 0 Å². The van der Waals surface area contributed by atoms with E-state index < -0.39 is 10.0 Å². The molecule has 0 bridgehead atoms. The minimum absolute atomic E-state index is 0.0680. The van der Waals surface area contributed by atoms with E-state index in [1.807, 2.05) is 12.1 Å². The Morgan fingerprint density at radius 3 is 2.49 bits per heavy atom. The summed E-state index contributed by atoms with van der Waals surface area (Å²) in [6.07, 6.45) is 2.69. The van der Waals surface area contributed by atoms with Gasteiger partial charge in [0.05, 0.1) is 33.1 Å². The van der Waals surface area contributed by atoms with Crippen LogP contribution in [0.5, 0.6) is 5.88 Å². The van der Waals surface area contributed by atoms with Crippen molar-refractivity contribution in [2.75, 3.05) is 56.1 Å². The highest BCUT2D eigenvalue weighted by atomic mass is 32.2. The second kappa shape index (κ2) is 10.5. The first-order valence-corrected chi connectivity index (χ1v) is 13.5. The Kier molecular flexibility index (Phi) is 7.60. The summed E-state index contributed by atoms with van der Waals surface area (Å²) in [6.45, 7) is 9.23. The lowest BCUT2D eigenvalue weighted by Crippen LogP contribution is -2.50. The van der Waals surface area contributed by atoms with Gasteiger partial charge in [-0.05, 0) is 43.2 Å². The number of amides is 1. The van der Waals surface area contributed by atoms with Crippen molar-refractivity contribution in [3.8, 4) is 17.0 Å². The summed E-state index contributed by atoms with van der Waals surface area (Å²) in [6, 6.07) is 6.05. The molecule has 0 atom stereocenters. The molecular weight excluding hydrogens is 470 g/mol. The van der Waals surface area contributed by atoms with Crippen LogP contribution in [0.3, 0.4) is 0 Å². The van der Waals surface area contributed by atoms with Gasteiger partial charge < -0.3 is 14.8 Å². The highest BCUT2D eigenvalue weighted by molar-refractivity contribution is 7.92. The molecule has 1 fully saturated rings. The first-order chi connectivity index (χ1) is 16.6. The largest absolute Gasteiger partial charge is 0.480 e. The van der Waals surface area contributed by atoms with Crippen LogP contribution >= 0.6 is 0 Å². The molecule has 1 aromatic heterocycles. The smallest absolute Gasteiger partial charge is 0.238 e. The van der Waals surface area contributed by atoms with Crippen molar-refractivity contribution in [3.05, 3.63) is 35.5 Å². The maximum Gasteiger partial charge on any atom is 0.238 e. The molecule has 10 nitrogen and oxygen atoms in total. The van der Waals surface area contributed by atoms with Crippen LogP contribution in [-0.4, -0.2) is 81.2 Å². The number of ether oxygens (including phenoxy) is 2. The predicted octanol–water partition coefficient (Wildman–Crippen LogP) is 2.12. The number of hydrogen-bond acceptors (Lipinski definition) is 8. The number of pyridine rings is 1. The Bertz CT molecular complexity index is 1190. The number of benzene rings is 1. The quantitative estimate of drug-likeness (QED) is 0.563. The summed E-state index contributed by atoms with van der Waals surface area (Å²) < 4.78 is 36.9. The maximum atomic E-state index is 12.9. The number of hydrogen-bond donors (Lipinski definition) is 2. The van der Waals surface area contributed by atoms with Crippen LogP contribution in [0.15, 0.2) is 24.4 Å². The van der Waals surface area contributed by atoms with Gasteiger partial charge in [-0.2, -0.15) is 0 Å². The van der Waals surface area contributed by atoms with Crippen LogP contribution in [0.1, 0.15) is 25.0 Å². The number of fused-ring (bicyclic) bond motifs is 1. The van der Waals surface area contributed by atoms with Gasteiger partial charge in [0, 0.05) is 55.2 Å². The van der Waals surface area contributed by atoms with Gasteiger partial charge >= 0.3 is 0 Å². The first kappa shape index (κ1) is 25.4. The summed E-state index contributed by atoms with van der Waals surface area (Å²) in [7, 11) is -2.09. The number of carbonyl (C=O) groups excluding carboxylic acids is 1. The number of carbonyl (C=O) groups is 1. The fourth-order valence-corrected chi connectivity index (χ4v) is 4.99. The van der Waals surface area contributed by atoms with Crippen LogP contribution in [0.2, 0.25) is 0 Å². The van der Waals surface area contributed by atoms with Crippen LogP contribution < -0.4 is 14.8 Å². The van der Waals surface area contributed by atoms with E-state index in [-0.39, 0.29) is 17.5 Å². The Balaban J connectivity index is 1.55. The van der Waals surface area contributed by atoms with E-state index in [0.717, 1.165) is 49.1 Å². The Hall–Kier alpha value is -2.73. The highest BCUT2D eigenvalue weighted by Gasteiger charge is 2.23. The molecule has 2 N–H and O–H groups in total. The lowest BCUT2D eigenvalue weighted by atomic mass is 9.99. The molecule has 1 saturated heterocycles. The van der Waals surface area contributed by atoms with E-state index in [4.69, 9.17) is 9.47 Å². The first-order valence-electron chi connectivity index (χ1n) is 11.6. The van der Waals surface area contributed by atoms with E-state index in [1.54, 1.807) is 12.3 Å². The normalized spacial score (nSPS) is 16.8. The second-order valence-electron chi connectivity index (χ2n) is 9.26. The average molecular weight is 504 g/mol. The molecule has 1 amide bonds. The molecule has 3 heterocycles. The van der Waals surface area contributed by atoms with E-state index in [0.29, 0.717) is 37.1 Å². The summed E-state index contributed by atoms with van der Waals surface area (Å²) in [5.41, 5.74) is 4.37. The minimum atomic E-state index is -3.52. The molecule has 4 rings (SSSR count). The number of methoxy groups -OCH3 is 1. The molecule has 1 aromatic carbocycles. The lowest BCUT2D eigenvalue weighted by Gasteiger charge is -2.36. The summed E-state index contributed by atoms with van der Waals surface area (Å²) in [5, 5.41) is 3.08. The number of nitrogens with zero attached hydrogens (tertiary/aromatic N) is 3. The molecule has 0 spiro atoms. The van der Waals surface area contributed by atoms with Crippen molar-refractivity contribution in [2.45, 2.75) is 33.1 Å². The maximum absolute atomic E-state index is 12.9. The SMILES string of the molecule is COc1ncc(-c2cc3c(c(NC(=O)CN4CCN(C(C)C)CC4)c2)COC3)cc1NS(C)(=O)=O. The minimum Gasteiger partial charge on any atom is -0.480 e. The molecule has 2 aliphatic heterocycles. The zero-order valence-electron chi connectivity index (χ0n) is 20.6. The number of nitrogens with one attached hydrogen (secondary N) is 2. The molecule has 2 aliphatic rings. The molecule has 0 aliphatic carbocycles. The number of sulfonamides is 1. The molecular formula is C24H33N5O5S. The summed E-state index contributed by atoms with van der Waals surface area (Å²) in [4.78, 5) is 21.8. The van der Waals surface area contributed by atoms with Gasteiger partial charge in [0.1, 0.15) is 5.69 Å². The molecule has 2 aromatic rings. The van der Waals surface area contributed by atoms with Gasteiger partial charge in [-0.3, -0.25) is 19.3 Å². The number of piperazine rings is 1. The zero-order valence-corrected chi connectivity index (χ0v) is 21.4. The summed E-state index contributed by atoms with van der Waals surface area (Å²) in [5.74, 6) is 0.108. The lowest BCUT2D eigenvalue weighted by molar-refractivity contribution is -0.117.